The van der Waals surface area contributed by atoms with E-state index in [2.05, 4.69) is 30.4 Å². The van der Waals surface area contributed by atoms with Crippen molar-refractivity contribution in [2.24, 2.45) is 0 Å². The molecule has 0 radical (unpaired) electrons. The van der Waals surface area contributed by atoms with E-state index in [0.29, 0.717) is 18.8 Å². The lowest BCUT2D eigenvalue weighted by atomic mass is 9.99. The van der Waals surface area contributed by atoms with Crippen LogP contribution >= 0.6 is 0 Å². The number of nitrogens with one attached hydrogen (secondary N) is 1. The summed E-state index contributed by atoms with van der Waals surface area (Å²) in [6.45, 7) is 6.85. The fraction of sp³-hybridized carbons (Fsp3) is 0.667. The molecule has 0 saturated carbocycles. The minimum atomic E-state index is 0.414. The zero-order valence-electron chi connectivity index (χ0n) is 13.4. The Bertz CT molecular complexity index is 402. The molecule has 1 N–H and O–H groups in total. The summed E-state index contributed by atoms with van der Waals surface area (Å²) in [6.07, 6.45) is 6.53. The number of rotatable bonds is 9. The fourth-order valence-electron chi connectivity index (χ4n) is 3.04. The molecule has 0 aliphatic carbocycles. The van der Waals surface area contributed by atoms with Crippen LogP contribution in [0, 0.1) is 0 Å². The van der Waals surface area contributed by atoms with E-state index in [0.717, 1.165) is 25.3 Å². The molecule has 1 heterocycles. The Morgan fingerprint density at radius 1 is 1.38 bits per heavy atom. The monoisotopic (exact) mass is 291 g/mol. The highest BCUT2D eigenvalue weighted by Crippen LogP contribution is 2.25. The van der Waals surface area contributed by atoms with Gasteiger partial charge in [0.05, 0.1) is 12.7 Å². The fourth-order valence-corrected chi connectivity index (χ4v) is 3.04. The van der Waals surface area contributed by atoms with E-state index in [1.54, 1.807) is 0 Å². The Hall–Kier alpha value is -1.06. The maximum absolute atomic E-state index is 5.71. The molecule has 2 unspecified atom stereocenters. The summed E-state index contributed by atoms with van der Waals surface area (Å²) in [5.41, 5.74) is 1.33. The molecule has 2 rings (SSSR count). The SMILES string of the molecule is CCNC(CCCC1CCCO1)c1cccc(OCC)c1. The van der Waals surface area contributed by atoms with Crippen molar-refractivity contribution in [3.05, 3.63) is 29.8 Å². The molecule has 1 aliphatic rings. The average molecular weight is 291 g/mol. The molecule has 1 fully saturated rings. The molecule has 0 amide bonds. The summed E-state index contributed by atoms with van der Waals surface area (Å²) in [7, 11) is 0. The van der Waals surface area contributed by atoms with Crippen LogP contribution in [0.25, 0.3) is 0 Å². The summed E-state index contributed by atoms with van der Waals surface area (Å²) >= 11 is 0. The van der Waals surface area contributed by atoms with Gasteiger partial charge in [-0.3, -0.25) is 0 Å². The molecule has 1 saturated heterocycles. The molecule has 2 atom stereocenters. The maximum Gasteiger partial charge on any atom is 0.119 e. The van der Waals surface area contributed by atoms with Crippen LogP contribution in [0.15, 0.2) is 24.3 Å². The highest BCUT2D eigenvalue weighted by atomic mass is 16.5. The van der Waals surface area contributed by atoms with E-state index in [4.69, 9.17) is 9.47 Å². The molecular formula is C18H29NO2. The summed E-state index contributed by atoms with van der Waals surface area (Å²) < 4.78 is 11.3. The van der Waals surface area contributed by atoms with Gasteiger partial charge in [0.25, 0.3) is 0 Å². The van der Waals surface area contributed by atoms with E-state index < -0.39 is 0 Å². The van der Waals surface area contributed by atoms with Crippen LogP contribution in [0.3, 0.4) is 0 Å². The van der Waals surface area contributed by atoms with Gasteiger partial charge in [-0.2, -0.15) is 0 Å². The zero-order valence-corrected chi connectivity index (χ0v) is 13.4. The van der Waals surface area contributed by atoms with Gasteiger partial charge in [-0.25, -0.2) is 0 Å². The van der Waals surface area contributed by atoms with Crippen molar-refractivity contribution in [2.45, 2.75) is 58.1 Å². The smallest absolute Gasteiger partial charge is 0.119 e. The van der Waals surface area contributed by atoms with Gasteiger partial charge in [0.2, 0.25) is 0 Å². The van der Waals surface area contributed by atoms with Gasteiger partial charge in [0, 0.05) is 12.6 Å². The first-order chi connectivity index (χ1) is 10.3. The van der Waals surface area contributed by atoms with Crippen molar-refractivity contribution in [1.29, 1.82) is 0 Å². The van der Waals surface area contributed by atoms with Crippen molar-refractivity contribution in [3.63, 3.8) is 0 Å². The topological polar surface area (TPSA) is 30.5 Å². The van der Waals surface area contributed by atoms with E-state index >= 15 is 0 Å². The van der Waals surface area contributed by atoms with Gasteiger partial charge >= 0.3 is 0 Å². The Kier molecular flexibility index (Phi) is 7.04. The van der Waals surface area contributed by atoms with Gasteiger partial charge in [0.1, 0.15) is 5.75 Å². The first kappa shape index (κ1) is 16.3. The van der Waals surface area contributed by atoms with Crippen molar-refractivity contribution < 1.29 is 9.47 Å². The Morgan fingerprint density at radius 3 is 3.00 bits per heavy atom. The molecule has 1 aliphatic heterocycles. The normalized spacial score (nSPS) is 19.6. The van der Waals surface area contributed by atoms with E-state index in [1.165, 1.54) is 31.2 Å². The molecule has 3 nitrogen and oxygen atoms in total. The summed E-state index contributed by atoms with van der Waals surface area (Å²) in [6, 6.07) is 8.90. The highest BCUT2D eigenvalue weighted by molar-refractivity contribution is 5.30. The van der Waals surface area contributed by atoms with Gasteiger partial charge in [-0.15, -0.1) is 0 Å². The third-order valence-electron chi connectivity index (χ3n) is 4.06. The average Bonchev–Trinajstić information content (AvgIpc) is 3.00. The van der Waals surface area contributed by atoms with Gasteiger partial charge in [-0.1, -0.05) is 19.1 Å². The predicted molar refractivity (Wildman–Crippen MR) is 86.9 cm³/mol. The van der Waals surface area contributed by atoms with E-state index in [-0.39, 0.29) is 0 Å². The van der Waals surface area contributed by atoms with E-state index in [1.807, 2.05) is 13.0 Å². The first-order valence-corrected chi connectivity index (χ1v) is 8.41. The maximum atomic E-state index is 5.71. The lowest BCUT2D eigenvalue weighted by Gasteiger charge is -2.20. The molecular weight excluding hydrogens is 262 g/mol. The molecule has 0 bridgehead atoms. The number of hydrogen-bond donors (Lipinski definition) is 1. The van der Waals surface area contributed by atoms with Gasteiger partial charge < -0.3 is 14.8 Å². The van der Waals surface area contributed by atoms with Crippen molar-refractivity contribution in [2.75, 3.05) is 19.8 Å². The van der Waals surface area contributed by atoms with Gasteiger partial charge in [0.15, 0.2) is 0 Å². The number of hydrogen-bond acceptors (Lipinski definition) is 3. The van der Waals surface area contributed by atoms with Crippen LogP contribution < -0.4 is 10.1 Å². The second-order valence-corrected chi connectivity index (χ2v) is 5.68. The summed E-state index contributed by atoms with van der Waals surface area (Å²) in [5.74, 6) is 0.969. The molecule has 3 heteroatoms. The minimum absolute atomic E-state index is 0.414. The quantitative estimate of drug-likeness (QED) is 0.743. The van der Waals surface area contributed by atoms with Gasteiger partial charge in [-0.05, 0) is 63.3 Å². The standard InChI is InChI=1S/C18H29NO2/c1-3-19-18(12-6-9-16-11-7-13-21-16)15-8-5-10-17(14-15)20-4-2/h5,8,10,14,16,18-19H,3-4,6-7,9,11-13H2,1-2H3. The van der Waals surface area contributed by atoms with Crippen LogP contribution in [0.4, 0.5) is 0 Å². The highest BCUT2D eigenvalue weighted by Gasteiger charge is 2.17. The molecule has 0 spiro atoms. The van der Waals surface area contributed by atoms with Crippen molar-refractivity contribution in [3.8, 4) is 5.75 Å². The predicted octanol–water partition coefficient (Wildman–Crippen LogP) is 4.09. The third-order valence-corrected chi connectivity index (χ3v) is 4.06. The molecule has 21 heavy (non-hydrogen) atoms. The zero-order chi connectivity index (χ0) is 14.9. The van der Waals surface area contributed by atoms with Crippen LogP contribution in [-0.4, -0.2) is 25.9 Å². The van der Waals surface area contributed by atoms with Crippen molar-refractivity contribution >= 4 is 0 Å². The third kappa shape index (κ3) is 5.33. The number of ether oxygens (including phenoxy) is 2. The van der Waals surface area contributed by atoms with Crippen LogP contribution in [-0.2, 0) is 4.74 Å². The minimum Gasteiger partial charge on any atom is -0.494 e. The second kappa shape index (κ2) is 9.06. The van der Waals surface area contributed by atoms with Crippen LogP contribution in [0.5, 0.6) is 5.75 Å². The van der Waals surface area contributed by atoms with E-state index in [9.17, 15) is 0 Å². The summed E-state index contributed by atoms with van der Waals surface area (Å²) in [4.78, 5) is 0. The van der Waals surface area contributed by atoms with Crippen LogP contribution in [0.2, 0.25) is 0 Å². The van der Waals surface area contributed by atoms with Crippen molar-refractivity contribution in [1.82, 2.24) is 5.32 Å². The van der Waals surface area contributed by atoms with Crippen LogP contribution in [0.1, 0.15) is 57.6 Å². The Labute approximate surface area is 129 Å². The molecule has 1 aromatic carbocycles. The lowest BCUT2D eigenvalue weighted by molar-refractivity contribution is 0.101. The number of benzene rings is 1. The summed E-state index contributed by atoms with van der Waals surface area (Å²) in [5, 5.41) is 3.60. The molecule has 1 aromatic rings. The lowest BCUT2D eigenvalue weighted by Crippen LogP contribution is -2.21. The Balaban J connectivity index is 1.88. The second-order valence-electron chi connectivity index (χ2n) is 5.68. The molecule has 0 aromatic heterocycles. The largest absolute Gasteiger partial charge is 0.494 e. The Morgan fingerprint density at radius 2 is 2.29 bits per heavy atom. The first-order valence-electron chi connectivity index (χ1n) is 8.41. The molecule has 118 valence electrons.